The minimum Gasteiger partial charge on any atom is -0.379 e. The molecule has 26 heavy (non-hydrogen) atoms. The van der Waals surface area contributed by atoms with Gasteiger partial charge in [-0.2, -0.15) is 0 Å². The maximum Gasteiger partial charge on any atom is 0.265 e. The SMILES string of the molecule is O=C(Nc1ccccc1C(=O)NCCCN1CCOCC1)c1cccs1. The third kappa shape index (κ3) is 5.14. The number of carbonyl (C=O) groups excluding carboxylic acids is 2. The molecule has 3 rings (SSSR count). The van der Waals surface area contributed by atoms with E-state index in [1.54, 1.807) is 30.3 Å². The van der Waals surface area contributed by atoms with E-state index in [2.05, 4.69) is 15.5 Å². The van der Waals surface area contributed by atoms with Crippen LogP contribution in [0.3, 0.4) is 0 Å². The van der Waals surface area contributed by atoms with Crippen LogP contribution in [0.4, 0.5) is 5.69 Å². The summed E-state index contributed by atoms with van der Waals surface area (Å²) < 4.78 is 5.33. The van der Waals surface area contributed by atoms with Crippen molar-refractivity contribution in [3.05, 3.63) is 52.2 Å². The first kappa shape index (κ1) is 18.6. The molecule has 0 bridgehead atoms. The van der Waals surface area contributed by atoms with E-state index in [0.29, 0.717) is 22.7 Å². The molecular formula is C19H23N3O3S. The molecule has 1 aliphatic rings. The Morgan fingerprint density at radius 2 is 1.88 bits per heavy atom. The summed E-state index contributed by atoms with van der Waals surface area (Å²) in [7, 11) is 0. The van der Waals surface area contributed by atoms with Crippen molar-refractivity contribution in [2.24, 2.45) is 0 Å². The van der Waals surface area contributed by atoms with Gasteiger partial charge in [-0.05, 0) is 36.5 Å². The molecule has 1 fully saturated rings. The molecule has 0 aliphatic carbocycles. The van der Waals surface area contributed by atoms with Crippen molar-refractivity contribution >= 4 is 28.8 Å². The zero-order chi connectivity index (χ0) is 18.2. The summed E-state index contributed by atoms with van der Waals surface area (Å²) >= 11 is 1.37. The molecule has 0 unspecified atom stereocenters. The number of ether oxygens (including phenoxy) is 1. The van der Waals surface area contributed by atoms with Gasteiger partial charge in [0.05, 0.1) is 29.3 Å². The van der Waals surface area contributed by atoms with Crippen LogP contribution in [0.25, 0.3) is 0 Å². The molecule has 0 radical (unpaired) electrons. The predicted molar refractivity (Wildman–Crippen MR) is 103 cm³/mol. The summed E-state index contributed by atoms with van der Waals surface area (Å²) in [6.07, 6.45) is 0.884. The zero-order valence-corrected chi connectivity index (χ0v) is 15.4. The lowest BCUT2D eigenvalue weighted by Crippen LogP contribution is -2.38. The lowest BCUT2D eigenvalue weighted by atomic mass is 10.1. The van der Waals surface area contributed by atoms with Crippen LogP contribution >= 0.6 is 11.3 Å². The van der Waals surface area contributed by atoms with Crippen molar-refractivity contribution in [1.82, 2.24) is 10.2 Å². The summed E-state index contributed by atoms with van der Waals surface area (Å²) in [5.41, 5.74) is 1.00. The number of benzene rings is 1. The van der Waals surface area contributed by atoms with Gasteiger partial charge in [0.25, 0.3) is 11.8 Å². The smallest absolute Gasteiger partial charge is 0.265 e. The maximum absolute atomic E-state index is 12.5. The van der Waals surface area contributed by atoms with Crippen molar-refractivity contribution in [2.45, 2.75) is 6.42 Å². The Morgan fingerprint density at radius 1 is 1.08 bits per heavy atom. The molecule has 138 valence electrons. The monoisotopic (exact) mass is 373 g/mol. The largest absolute Gasteiger partial charge is 0.379 e. The summed E-state index contributed by atoms with van der Waals surface area (Å²) in [6, 6.07) is 10.7. The first-order chi connectivity index (χ1) is 12.7. The van der Waals surface area contributed by atoms with Crippen molar-refractivity contribution in [3.8, 4) is 0 Å². The van der Waals surface area contributed by atoms with E-state index >= 15 is 0 Å². The van der Waals surface area contributed by atoms with Crippen LogP contribution in [0.15, 0.2) is 41.8 Å². The minimum absolute atomic E-state index is 0.172. The average Bonchev–Trinajstić information content (AvgIpc) is 3.21. The fourth-order valence-corrected chi connectivity index (χ4v) is 3.43. The van der Waals surface area contributed by atoms with Crippen LogP contribution in [0.2, 0.25) is 0 Å². The Balaban J connectivity index is 1.51. The lowest BCUT2D eigenvalue weighted by Gasteiger charge is -2.26. The molecule has 1 aromatic carbocycles. The van der Waals surface area contributed by atoms with Gasteiger partial charge in [0.1, 0.15) is 0 Å². The molecular weight excluding hydrogens is 350 g/mol. The van der Waals surface area contributed by atoms with Gasteiger partial charge in [-0.25, -0.2) is 0 Å². The Labute approximate surface area is 157 Å². The number of nitrogens with one attached hydrogen (secondary N) is 2. The Bertz CT molecular complexity index is 727. The van der Waals surface area contributed by atoms with Crippen molar-refractivity contribution < 1.29 is 14.3 Å². The van der Waals surface area contributed by atoms with Crippen LogP contribution in [-0.4, -0.2) is 56.1 Å². The molecule has 1 aliphatic heterocycles. The van der Waals surface area contributed by atoms with Crippen LogP contribution in [-0.2, 0) is 4.74 Å². The highest BCUT2D eigenvalue weighted by Crippen LogP contribution is 2.18. The maximum atomic E-state index is 12.5. The average molecular weight is 373 g/mol. The number of anilines is 1. The first-order valence-corrected chi connectivity index (χ1v) is 9.64. The molecule has 2 N–H and O–H groups in total. The number of thiophene rings is 1. The number of morpholine rings is 1. The van der Waals surface area contributed by atoms with Gasteiger partial charge in [0.15, 0.2) is 0 Å². The lowest BCUT2D eigenvalue weighted by molar-refractivity contribution is 0.0374. The normalized spacial score (nSPS) is 14.8. The van der Waals surface area contributed by atoms with Crippen LogP contribution < -0.4 is 10.6 Å². The summed E-state index contributed by atoms with van der Waals surface area (Å²) in [5.74, 6) is -0.373. The standard InChI is InChI=1S/C19H23N3O3S/c23-18(20-8-4-9-22-10-12-25-13-11-22)15-5-1-2-6-16(15)21-19(24)17-7-3-14-26-17/h1-3,5-7,14H,4,8-13H2,(H,20,23)(H,21,24). The molecule has 6 nitrogen and oxygen atoms in total. The molecule has 0 atom stereocenters. The van der Waals surface area contributed by atoms with E-state index in [1.165, 1.54) is 11.3 Å². The highest BCUT2D eigenvalue weighted by atomic mass is 32.1. The third-order valence-corrected chi connectivity index (χ3v) is 5.07. The molecule has 0 saturated carbocycles. The third-order valence-electron chi connectivity index (χ3n) is 4.21. The summed E-state index contributed by atoms with van der Waals surface area (Å²) in [5, 5.41) is 7.62. The summed E-state index contributed by atoms with van der Waals surface area (Å²) in [4.78, 5) is 27.7. The van der Waals surface area contributed by atoms with Gasteiger partial charge < -0.3 is 15.4 Å². The van der Waals surface area contributed by atoms with Gasteiger partial charge in [-0.1, -0.05) is 18.2 Å². The van der Waals surface area contributed by atoms with Gasteiger partial charge in [0.2, 0.25) is 0 Å². The molecule has 1 aromatic heterocycles. The quantitative estimate of drug-likeness (QED) is 0.732. The molecule has 1 saturated heterocycles. The second-order valence-corrected chi connectivity index (χ2v) is 6.99. The molecule has 0 spiro atoms. The fourth-order valence-electron chi connectivity index (χ4n) is 2.81. The summed E-state index contributed by atoms with van der Waals surface area (Å²) in [6.45, 7) is 5.01. The Morgan fingerprint density at radius 3 is 2.65 bits per heavy atom. The highest BCUT2D eigenvalue weighted by molar-refractivity contribution is 7.12. The van der Waals surface area contributed by atoms with Gasteiger partial charge in [-0.3, -0.25) is 14.5 Å². The van der Waals surface area contributed by atoms with Crippen LogP contribution in [0, 0.1) is 0 Å². The number of hydrogen-bond acceptors (Lipinski definition) is 5. The number of hydrogen-bond donors (Lipinski definition) is 2. The van der Waals surface area contributed by atoms with Gasteiger partial charge in [-0.15, -0.1) is 11.3 Å². The number of carbonyl (C=O) groups is 2. The second kappa shape index (κ2) is 9.47. The van der Waals surface area contributed by atoms with E-state index in [0.717, 1.165) is 39.3 Å². The van der Waals surface area contributed by atoms with E-state index in [1.807, 2.05) is 11.4 Å². The van der Waals surface area contributed by atoms with Gasteiger partial charge >= 0.3 is 0 Å². The Kier molecular flexibility index (Phi) is 6.76. The number of para-hydroxylation sites is 1. The molecule has 2 aromatic rings. The second-order valence-electron chi connectivity index (χ2n) is 6.04. The van der Waals surface area contributed by atoms with E-state index in [-0.39, 0.29) is 11.8 Å². The first-order valence-electron chi connectivity index (χ1n) is 8.76. The molecule has 2 amide bonds. The van der Waals surface area contributed by atoms with Crippen LogP contribution in [0.1, 0.15) is 26.5 Å². The fraction of sp³-hybridized carbons (Fsp3) is 0.368. The number of nitrogens with zero attached hydrogens (tertiary/aromatic N) is 1. The number of amides is 2. The zero-order valence-electron chi connectivity index (χ0n) is 14.6. The Hall–Kier alpha value is -2.22. The predicted octanol–water partition coefficient (Wildman–Crippen LogP) is 2.45. The van der Waals surface area contributed by atoms with Crippen molar-refractivity contribution in [3.63, 3.8) is 0 Å². The van der Waals surface area contributed by atoms with E-state index in [4.69, 9.17) is 4.74 Å². The number of rotatable bonds is 7. The highest BCUT2D eigenvalue weighted by Gasteiger charge is 2.15. The minimum atomic E-state index is -0.201. The molecule has 2 heterocycles. The van der Waals surface area contributed by atoms with E-state index in [9.17, 15) is 9.59 Å². The van der Waals surface area contributed by atoms with Crippen LogP contribution in [0.5, 0.6) is 0 Å². The topological polar surface area (TPSA) is 70.7 Å². The van der Waals surface area contributed by atoms with Gasteiger partial charge in [0, 0.05) is 19.6 Å². The molecule has 7 heteroatoms. The van der Waals surface area contributed by atoms with E-state index < -0.39 is 0 Å². The van der Waals surface area contributed by atoms with Crippen molar-refractivity contribution in [2.75, 3.05) is 44.7 Å². The van der Waals surface area contributed by atoms with Crippen molar-refractivity contribution in [1.29, 1.82) is 0 Å².